The Morgan fingerprint density at radius 2 is 1.73 bits per heavy atom. The van der Waals surface area contributed by atoms with Gasteiger partial charge in [-0.1, -0.05) is 23.9 Å². The molecule has 6 nitrogen and oxygen atoms in total. The van der Waals surface area contributed by atoms with Crippen LogP contribution in [-0.4, -0.2) is 46.9 Å². The van der Waals surface area contributed by atoms with Crippen molar-refractivity contribution in [3.8, 4) is 0 Å². The number of nitrogens with zero attached hydrogens (tertiary/aromatic N) is 3. The molecular weight excluding hydrogens is 403 g/mol. The average Bonchev–Trinajstić information content (AvgIpc) is 2.72. The van der Waals surface area contributed by atoms with E-state index in [1.807, 2.05) is 38.1 Å². The van der Waals surface area contributed by atoms with Gasteiger partial charge in [0.1, 0.15) is 10.8 Å². The number of carbonyl (C=O) groups is 1. The van der Waals surface area contributed by atoms with Crippen LogP contribution in [0.1, 0.15) is 13.8 Å². The summed E-state index contributed by atoms with van der Waals surface area (Å²) in [6, 6.07) is 13.4. The Balaban J connectivity index is 1.55. The summed E-state index contributed by atoms with van der Waals surface area (Å²) in [5.74, 6) is 0.422. The van der Waals surface area contributed by atoms with E-state index < -0.39 is 0 Å². The Morgan fingerprint density at radius 1 is 1.10 bits per heavy atom. The van der Waals surface area contributed by atoms with E-state index in [2.05, 4.69) is 10.2 Å². The van der Waals surface area contributed by atoms with Gasteiger partial charge in [-0.2, -0.15) is 0 Å². The maximum absolute atomic E-state index is 13.1. The van der Waals surface area contributed by atoms with Crippen LogP contribution in [0.15, 0.2) is 53.6 Å². The van der Waals surface area contributed by atoms with Crippen molar-refractivity contribution in [1.82, 2.24) is 9.97 Å². The van der Waals surface area contributed by atoms with Crippen LogP contribution in [0, 0.1) is 5.82 Å². The molecule has 4 rings (SSSR count). The van der Waals surface area contributed by atoms with E-state index in [9.17, 15) is 9.18 Å². The summed E-state index contributed by atoms with van der Waals surface area (Å²) in [5.41, 5.74) is 2.17. The van der Waals surface area contributed by atoms with E-state index in [1.165, 1.54) is 36.0 Å². The number of hydrogen-bond donors (Lipinski definition) is 1. The molecule has 1 amide bonds. The summed E-state index contributed by atoms with van der Waals surface area (Å²) < 4.78 is 18.9. The number of aromatic nitrogens is 2. The number of hydrogen-bond acceptors (Lipinski definition) is 6. The minimum absolute atomic E-state index is 0.0849. The van der Waals surface area contributed by atoms with Gasteiger partial charge in [-0.05, 0) is 50.2 Å². The number of anilines is 2. The SMILES string of the molecule is C[C@@H]1CN(c2nc3ccccc3nc2SCC(=O)Nc2ccc(F)cc2)C[C@@H](C)O1. The van der Waals surface area contributed by atoms with Crippen LogP contribution in [0.3, 0.4) is 0 Å². The first kappa shape index (κ1) is 20.6. The molecule has 2 heterocycles. The minimum atomic E-state index is -0.340. The second-order valence-corrected chi connectivity index (χ2v) is 8.31. The van der Waals surface area contributed by atoms with Gasteiger partial charge in [0.05, 0.1) is 29.0 Å². The first-order valence-corrected chi connectivity index (χ1v) is 10.8. The van der Waals surface area contributed by atoms with Crippen LogP contribution in [0.5, 0.6) is 0 Å². The van der Waals surface area contributed by atoms with Gasteiger partial charge in [0.2, 0.25) is 5.91 Å². The number of benzene rings is 2. The Labute approximate surface area is 178 Å². The van der Waals surface area contributed by atoms with Crippen LogP contribution in [0.2, 0.25) is 0 Å². The van der Waals surface area contributed by atoms with Crippen LogP contribution in [0.25, 0.3) is 11.0 Å². The fourth-order valence-corrected chi connectivity index (χ4v) is 4.30. The van der Waals surface area contributed by atoms with Gasteiger partial charge in [-0.25, -0.2) is 14.4 Å². The summed E-state index contributed by atoms with van der Waals surface area (Å²) in [7, 11) is 0. The molecule has 3 aromatic rings. The zero-order valence-electron chi connectivity index (χ0n) is 16.8. The van der Waals surface area contributed by atoms with E-state index in [0.29, 0.717) is 23.8 Å². The Morgan fingerprint density at radius 3 is 2.40 bits per heavy atom. The van der Waals surface area contributed by atoms with Crippen LogP contribution in [-0.2, 0) is 9.53 Å². The molecule has 1 aliphatic rings. The standard InChI is InChI=1S/C22H23FN4O2S/c1-14-11-27(12-15(2)29-14)21-22(26-19-6-4-3-5-18(19)25-21)30-13-20(28)24-17-9-7-16(23)8-10-17/h3-10,14-15H,11-13H2,1-2H3,(H,24,28)/t14-,15-/m1/s1. The van der Waals surface area contributed by atoms with Gasteiger partial charge < -0.3 is 15.0 Å². The first-order valence-electron chi connectivity index (χ1n) is 9.83. The minimum Gasteiger partial charge on any atom is -0.372 e. The number of thioether (sulfide) groups is 1. The predicted octanol–water partition coefficient (Wildman–Crippen LogP) is 4.11. The largest absolute Gasteiger partial charge is 0.372 e. The molecule has 0 spiro atoms. The lowest BCUT2D eigenvalue weighted by atomic mass is 10.2. The highest BCUT2D eigenvalue weighted by Gasteiger charge is 2.26. The molecule has 1 saturated heterocycles. The van der Waals surface area contributed by atoms with Gasteiger partial charge in [0.25, 0.3) is 0 Å². The molecule has 0 bridgehead atoms. The van der Waals surface area contributed by atoms with Gasteiger partial charge in [-0.3, -0.25) is 4.79 Å². The van der Waals surface area contributed by atoms with Crippen molar-refractivity contribution in [3.05, 3.63) is 54.3 Å². The number of rotatable bonds is 5. The molecule has 0 aliphatic carbocycles. The molecule has 30 heavy (non-hydrogen) atoms. The Bertz CT molecular complexity index is 1040. The van der Waals surface area contributed by atoms with Gasteiger partial charge in [-0.15, -0.1) is 0 Å². The monoisotopic (exact) mass is 426 g/mol. The lowest BCUT2D eigenvalue weighted by Gasteiger charge is -2.36. The highest BCUT2D eigenvalue weighted by molar-refractivity contribution is 8.00. The Hall–Kier alpha value is -2.71. The van der Waals surface area contributed by atoms with Crippen LogP contribution in [0.4, 0.5) is 15.9 Å². The lowest BCUT2D eigenvalue weighted by molar-refractivity contribution is -0.113. The molecule has 0 radical (unpaired) electrons. The van der Waals surface area contributed by atoms with E-state index in [4.69, 9.17) is 14.7 Å². The number of para-hydroxylation sites is 2. The fraction of sp³-hybridized carbons (Fsp3) is 0.318. The Kier molecular flexibility index (Phi) is 6.15. The van der Waals surface area contributed by atoms with Gasteiger partial charge >= 0.3 is 0 Å². The third-order valence-corrected chi connectivity index (χ3v) is 5.66. The third-order valence-electron chi connectivity index (χ3n) is 4.71. The molecule has 0 unspecified atom stereocenters. The number of ether oxygens (including phenoxy) is 1. The van der Waals surface area contributed by atoms with Crippen molar-refractivity contribution in [3.63, 3.8) is 0 Å². The smallest absolute Gasteiger partial charge is 0.234 e. The van der Waals surface area contributed by atoms with E-state index in [1.54, 1.807) is 0 Å². The summed E-state index contributed by atoms with van der Waals surface area (Å²) in [5, 5.41) is 3.49. The van der Waals surface area contributed by atoms with Crippen molar-refractivity contribution in [2.75, 3.05) is 29.1 Å². The van der Waals surface area contributed by atoms with E-state index >= 15 is 0 Å². The van der Waals surface area contributed by atoms with E-state index in [-0.39, 0.29) is 29.7 Å². The summed E-state index contributed by atoms with van der Waals surface area (Å²) in [4.78, 5) is 24.2. The number of amides is 1. The second kappa shape index (κ2) is 8.97. The summed E-state index contributed by atoms with van der Waals surface area (Å²) in [6.07, 6.45) is 0.170. The molecule has 1 fully saturated rings. The summed E-state index contributed by atoms with van der Waals surface area (Å²) >= 11 is 1.35. The topological polar surface area (TPSA) is 67.4 Å². The number of carbonyl (C=O) groups excluding carboxylic acids is 1. The fourth-order valence-electron chi connectivity index (χ4n) is 3.49. The zero-order chi connectivity index (χ0) is 21.1. The summed E-state index contributed by atoms with van der Waals surface area (Å²) in [6.45, 7) is 5.51. The molecule has 2 atom stereocenters. The van der Waals surface area contributed by atoms with E-state index in [0.717, 1.165) is 16.9 Å². The highest BCUT2D eigenvalue weighted by atomic mass is 32.2. The highest BCUT2D eigenvalue weighted by Crippen LogP contribution is 2.31. The van der Waals surface area contributed by atoms with Crippen molar-refractivity contribution in [1.29, 1.82) is 0 Å². The van der Waals surface area contributed by atoms with Gasteiger partial charge in [0, 0.05) is 18.8 Å². The molecule has 1 N–H and O–H groups in total. The van der Waals surface area contributed by atoms with Gasteiger partial charge in [0.15, 0.2) is 5.82 Å². The normalized spacial score (nSPS) is 19.1. The maximum Gasteiger partial charge on any atom is 0.234 e. The first-order chi connectivity index (χ1) is 14.5. The number of halogens is 1. The maximum atomic E-state index is 13.1. The molecule has 2 aromatic carbocycles. The quantitative estimate of drug-likeness (QED) is 0.620. The molecular formula is C22H23FN4O2S. The number of nitrogens with one attached hydrogen (secondary N) is 1. The number of morpholine rings is 1. The molecule has 156 valence electrons. The predicted molar refractivity (Wildman–Crippen MR) is 118 cm³/mol. The second-order valence-electron chi connectivity index (χ2n) is 7.35. The average molecular weight is 427 g/mol. The van der Waals surface area contributed by atoms with Crippen molar-refractivity contribution in [2.45, 2.75) is 31.1 Å². The van der Waals surface area contributed by atoms with Crippen LogP contribution >= 0.6 is 11.8 Å². The zero-order valence-corrected chi connectivity index (χ0v) is 17.7. The van der Waals surface area contributed by atoms with Crippen molar-refractivity contribution < 1.29 is 13.9 Å². The molecule has 0 saturated carbocycles. The van der Waals surface area contributed by atoms with Crippen molar-refractivity contribution in [2.24, 2.45) is 0 Å². The number of fused-ring (bicyclic) bond motifs is 1. The van der Waals surface area contributed by atoms with Crippen LogP contribution < -0.4 is 10.2 Å². The lowest BCUT2D eigenvalue weighted by Crippen LogP contribution is -2.46. The van der Waals surface area contributed by atoms with Crippen molar-refractivity contribution >= 4 is 40.2 Å². The third kappa shape index (κ3) is 4.88. The molecule has 8 heteroatoms. The molecule has 1 aliphatic heterocycles. The molecule has 1 aromatic heterocycles.